The summed E-state index contributed by atoms with van der Waals surface area (Å²) >= 11 is 0. The number of ether oxygens (including phenoxy) is 2. The topological polar surface area (TPSA) is 18.5 Å². The highest BCUT2D eigenvalue weighted by Crippen LogP contribution is 2.31. The van der Waals surface area contributed by atoms with Gasteiger partial charge < -0.3 is 22.9 Å². The van der Waals surface area contributed by atoms with Crippen LogP contribution >= 0.6 is 0 Å². The normalized spacial score (nSPS) is 26.6. The summed E-state index contributed by atoms with van der Waals surface area (Å²) < 4.78 is 17.7. The third-order valence-corrected chi connectivity index (χ3v) is 12.5. The van der Waals surface area contributed by atoms with Crippen molar-refractivity contribution in [2.24, 2.45) is 0 Å². The van der Waals surface area contributed by atoms with Gasteiger partial charge in [0.05, 0.1) is 18.0 Å². The van der Waals surface area contributed by atoms with E-state index in [1.54, 1.807) is 0 Å². The SMILES string of the molecule is C#CC#CC#C[N+]12CC[N+](CCOc3cc(C)c(OCC[N+]45CC[N+](CCCCCC)(CC4)CC5)cc3C#Cc3ccc(C#CC)cc3)(CC1)CC2. The molecule has 2 aromatic rings. The van der Waals surface area contributed by atoms with Gasteiger partial charge in [-0.1, -0.05) is 37.5 Å². The molecule has 0 spiro atoms. The van der Waals surface area contributed by atoms with Crippen LogP contribution in [-0.2, 0) is 0 Å². The van der Waals surface area contributed by atoms with Crippen molar-refractivity contribution in [1.29, 1.82) is 0 Å². The van der Waals surface area contributed by atoms with E-state index in [1.165, 1.54) is 80.5 Å². The Balaban J connectivity index is 1.10. The Bertz CT molecular complexity index is 1830. The highest BCUT2D eigenvalue weighted by atomic mass is 16.5. The molecular formula is C46H58N4O2+4. The zero-order valence-electron chi connectivity index (χ0n) is 32.0. The molecule has 52 heavy (non-hydrogen) atoms. The molecule has 0 unspecified atom stereocenters. The molecule has 2 aromatic carbocycles. The predicted molar refractivity (Wildman–Crippen MR) is 210 cm³/mol. The monoisotopic (exact) mass is 698 g/mol. The van der Waals surface area contributed by atoms with Gasteiger partial charge in [-0.3, -0.25) is 0 Å². The van der Waals surface area contributed by atoms with E-state index in [9.17, 15) is 0 Å². The van der Waals surface area contributed by atoms with Gasteiger partial charge in [-0.05, 0) is 80.5 Å². The minimum absolute atomic E-state index is 0.649. The highest BCUT2D eigenvalue weighted by molar-refractivity contribution is 5.55. The Labute approximate surface area is 314 Å². The van der Waals surface area contributed by atoms with Crippen LogP contribution in [0.4, 0.5) is 0 Å². The molecule has 6 heteroatoms. The first-order valence-corrected chi connectivity index (χ1v) is 19.7. The first-order valence-electron chi connectivity index (χ1n) is 19.7. The van der Waals surface area contributed by atoms with Crippen LogP contribution in [0, 0.1) is 66.8 Å². The van der Waals surface area contributed by atoms with E-state index in [-0.39, 0.29) is 0 Å². The molecule has 6 heterocycles. The largest absolute Gasteiger partial charge is 0.487 e. The van der Waals surface area contributed by atoms with Crippen molar-refractivity contribution in [1.82, 2.24) is 0 Å². The standard InChI is InChI=1S/C46H58N4O2/c1-5-8-10-12-21-47-23-29-49(30-24-47,31-25-47)35-37-51-45-40-44(20-19-43-17-15-42(14-7-3)16-18-43)46(39-41(45)4)52-38-36-50-32-26-48(27-33-50,28-34-50)22-13-11-9-6-2/h2,15-18,39-40H,5,8,10,12,21,23-38H2,1,3-4H3/q+4. The van der Waals surface area contributed by atoms with Crippen molar-refractivity contribution < 1.29 is 27.4 Å². The van der Waals surface area contributed by atoms with Crippen molar-refractivity contribution >= 4 is 0 Å². The lowest BCUT2D eigenvalue weighted by Gasteiger charge is -2.55. The summed E-state index contributed by atoms with van der Waals surface area (Å²) in [6.45, 7) is 25.4. The molecule has 0 aromatic heterocycles. The Morgan fingerprint density at radius 3 is 1.75 bits per heavy atom. The maximum Gasteiger partial charge on any atom is 0.152 e. The fourth-order valence-electron chi connectivity index (χ4n) is 8.74. The van der Waals surface area contributed by atoms with Gasteiger partial charge in [0, 0.05) is 17.0 Å². The first kappa shape index (κ1) is 37.4. The van der Waals surface area contributed by atoms with Crippen LogP contribution in [-0.4, -0.2) is 129 Å². The minimum Gasteiger partial charge on any atom is -0.487 e. The lowest BCUT2D eigenvalue weighted by molar-refractivity contribution is -1.08. The summed E-state index contributed by atoms with van der Waals surface area (Å²) in [7, 11) is 0. The molecule has 0 amide bonds. The Kier molecular flexibility index (Phi) is 12.2. The maximum atomic E-state index is 6.60. The number of fused-ring (bicyclic) bond motifs is 6. The van der Waals surface area contributed by atoms with E-state index < -0.39 is 0 Å². The van der Waals surface area contributed by atoms with Crippen LogP contribution < -0.4 is 9.47 Å². The predicted octanol–water partition coefficient (Wildman–Crippen LogP) is 5.02. The smallest absolute Gasteiger partial charge is 0.152 e. The minimum atomic E-state index is 0.649. The Morgan fingerprint density at radius 1 is 0.615 bits per heavy atom. The average molecular weight is 699 g/mol. The zero-order chi connectivity index (χ0) is 36.3. The Hall–Kier alpha value is -4.32. The summed E-state index contributed by atoms with van der Waals surface area (Å²) in [6, 6.07) is 15.8. The quantitative estimate of drug-likeness (QED) is 0.166. The molecule has 0 saturated carbocycles. The van der Waals surface area contributed by atoms with Gasteiger partial charge in [-0.25, -0.2) is 4.48 Å². The fraction of sp³-hybridized carbons (Fsp3) is 0.522. The molecule has 6 saturated heterocycles. The van der Waals surface area contributed by atoms with Crippen LogP contribution in [0.1, 0.15) is 61.8 Å². The number of hydrogen-bond donors (Lipinski definition) is 0. The van der Waals surface area contributed by atoms with Crippen molar-refractivity contribution in [3.05, 3.63) is 58.7 Å². The summed E-state index contributed by atoms with van der Waals surface area (Å²) in [5.41, 5.74) is 3.93. The zero-order valence-corrected chi connectivity index (χ0v) is 32.0. The number of hydrogen-bond acceptors (Lipinski definition) is 2. The Morgan fingerprint density at radius 2 is 1.17 bits per heavy atom. The van der Waals surface area contributed by atoms with Gasteiger partial charge in [0.1, 0.15) is 116 Å². The van der Waals surface area contributed by atoms with Gasteiger partial charge in [0.15, 0.2) is 6.04 Å². The van der Waals surface area contributed by atoms with Crippen molar-refractivity contribution in [2.75, 3.05) is 111 Å². The molecule has 0 N–H and O–H groups in total. The second-order valence-corrected chi connectivity index (χ2v) is 15.7. The molecule has 0 aliphatic carbocycles. The van der Waals surface area contributed by atoms with Crippen molar-refractivity contribution in [2.45, 2.75) is 46.5 Å². The second kappa shape index (κ2) is 17.0. The van der Waals surface area contributed by atoms with Gasteiger partial charge in [-0.15, -0.1) is 12.3 Å². The van der Waals surface area contributed by atoms with Crippen LogP contribution in [0.2, 0.25) is 0 Å². The van der Waals surface area contributed by atoms with E-state index in [0.29, 0.717) is 6.61 Å². The molecule has 6 fully saturated rings. The molecular weight excluding hydrogens is 641 g/mol. The third-order valence-electron chi connectivity index (χ3n) is 12.5. The third kappa shape index (κ3) is 9.18. The second-order valence-electron chi connectivity index (χ2n) is 15.7. The van der Waals surface area contributed by atoms with Crippen LogP contribution in [0.5, 0.6) is 11.5 Å². The molecule has 8 rings (SSSR count). The van der Waals surface area contributed by atoms with Crippen molar-refractivity contribution in [3.63, 3.8) is 0 Å². The van der Waals surface area contributed by atoms with Gasteiger partial charge in [0.25, 0.3) is 0 Å². The van der Waals surface area contributed by atoms with Crippen molar-refractivity contribution in [3.8, 4) is 71.3 Å². The van der Waals surface area contributed by atoms with E-state index in [4.69, 9.17) is 15.9 Å². The fourth-order valence-corrected chi connectivity index (χ4v) is 8.74. The van der Waals surface area contributed by atoms with Gasteiger partial charge in [-0.2, -0.15) is 0 Å². The summed E-state index contributed by atoms with van der Waals surface area (Å²) in [4.78, 5) is 0. The molecule has 4 bridgehead atoms. The number of unbranched alkanes of at least 4 members (excludes halogenated alkanes) is 3. The number of terminal acetylenes is 1. The maximum absolute atomic E-state index is 6.60. The van der Waals surface area contributed by atoms with E-state index in [0.717, 1.165) is 102 Å². The summed E-state index contributed by atoms with van der Waals surface area (Å²) in [6.07, 6.45) is 10.7. The van der Waals surface area contributed by atoms with Crippen LogP contribution in [0.25, 0.3) is 0 Å². The first-order chi connectivity index (χ1) is 25.3. The molecule has 6 aliphatic rings. The van der Waals surface area contributed by atoms with E-state index >= 15 is 0 Å². The molecule has 0 atom stereocenters. The van der Waals surface area contributed by atoms with Crippen LogP contribution in [0.15, 0.2) is 36.4 Å². The van der Waals surface area contributed by atoms with Crippen LogP contribution in [0.3, 0.4) is 0 Å². The lowest BCUT2D eigenvalue weighted by Crippen LogP contribution is -2.75. The summed E-state index contributed by atoms with van der Waals surface area (Å²) in [5.74, 6) is 25.4. The molecule has 0 radical (unpaired) electrons. The number of quaternary nitrogens is 4. The number of benzene rings is 2. The molecule has 6 aliphatic heterocycles. The lowest BCUT2D eigenvalue weighted by atomic mass is 10.1. The molecule has 270 valence electrons. The number of nitrogens with zero attached hydrogens (tertiary/aromatic N) is 4. The number of piperazine rings is 6. The summed E-state index contributed by atoms with van der Waals surface area (Å²) in [5, 5.41) is 0. The van der Waals surface area contributed by atoms with E-state index in [1.807, 2.05) is 31.2 Å². The molecule has 6 nitrogen and oxygen atoms in total. The van der Waals surface area contributed by atoms with E-state index in [2.05, 4.69) is 79.4 Å². The van der Waals surface area contributed by atoms with Gasteiger partial charge in [0.2, 0.25) is 0 Å². The number of rotatable bonds is 13. The average Bonchev–Trinajstić information content (AvgIpc) is 3.18. The number of aryl methyl sites for hydroxylation is 1. The van der Waals surface area contributed by atoms with Gasteiger partial charge >= 0.3 is 0 Å². The highest BCUT2D eigenvalue weighted by Gasteiger charge is 2.49.